The number of para-hydroxylation sites is 6. The van der Waals surface area contributed by atoms with Crippen molar-refractivity contribution in [2.24, 2.45) is 0 Å². The molecule has 7 nitrogen and oxygen atoms in total. The number of aromatic nitrogens is 7. The maximum atomic E-state index is 15.4. The minimum absolute atomic E-state index is 0.0905. The molecule has 0 aliphatic heterocycles. The molecule has 0 saturated heterocycles. The lowest BCUT2D eigenvalue weighted by atomic mass is 10.0. The molecule has 0 atom stereocenters. The van der Waals surface area contributed by atoms with Crippen LogP contribution < -0.4 is 0 Å². The van der Waals surface area contributed by atoms with Crippen LogP contribution in [0, 0.1) is 6.92 Å². The van der Waals surface area contributed by atoms with Crippen LogP contribution in [0.15, 0.2) is 249 Å². The second-order valence-corrected chi connectivity index (χ2v) is 20.7. The van der Waals surface area contributed by atoms with Crippen LogP contribution in [0.3, 0.4) is 0 Å². The van der Waals surface area contributed by atoms with Crippen LogP contribution >= 0.6 is 0 Å². The Kier molecular flexibility index (Phi) is 10.2. The van der Waals surface area contributed by atoms with Crippen LogP contribution in [0.5, 0.6) is 0 Å². The number of nitrogens with zero attached hydrogens (tertiary/aromatic N) is 7. The molecule has 5 aromatic heterocycles. The normalized spacial score (nSPS) is 12.2. The van der Waals surface area contributed by atoms with Gasteiger partial charge in [0.2, 0.25) is 0 Å². The van der Waals surface area contributed by atoms with Crippen LogP contribution in [0.2, 0.25) is 0 Å². The number of fused-ring (bicyclic) bond motifs is 14. The smallest absolute Gasteiger partial charge is 0.309 e. The average molecular weight is 1050 g/mol. The Morgan fingerprint density at radius 1 is 0.321 bits per heavy atom. The molecule has 0 unspecified atom stereocenters. The molecule has 16 aromatic rings. The van der Waals surface area contributed by atoms with Crippen molar-refractivity contribution in [3.63, 3.8) is 0 Å². The van der Waals surface area contributed by atoms with E-state index in [2.05, 4.69) is 164 Å². The first-order valence-corrected chi connectivity index (χ1v) is 26.9. The van der Waals surface area contributed by atoms with Crippen molar-refractivity contribution in [1.82, 2.24) is 33.2 Å². The van der Waals surface area contributed by atoms with Gasteiger partial charge in [-0.3, -0.25) is 0 Å². The van der Waals surface area contributed by atoms with Gasteiger partial charge in [-0.2, -0.15) is 13.2 Å². The topological polar surface area (TPSA) is 58.4 Å². The summed E-state index contributed by atoms with van der Waals surface area (Å²) in [7, 11) is 0. The van der Waals surface area contributed by atoms with Crippen molar-refractivity contribution in [2.45, 2.75) is 13.1 Å². The van der Waals surface area contributed by atoms with Gasteiger partial charge in [0.05, 0.1) is 61.1 Å². The van der Waals surface area contributed by atoms with E-state index in [9.17, 15) is 0 Å². The van der Waals surface area contributed by atoms with Gasteiger partial charge in [-0.25, -0.2) is 15.0 Å². The molecule has 5 heterocycles. The quantitative estimate of drug-likeness (QED) is 0.160. The van der Waals surface area contributed by atoms with E-state index < -0.39 is 11.7 Å². The summed E-state index contributed by atoms with van der Waals surface area (Å²) in [5.41, 5.74) is 12.8. The zero-order valence-corrected chi connectivity index (χ0v) is 43.4. The maximum absolute atomic E-state index is 15.4. The number of hydrogen-bond donors (Lipinski definition) is 0. The van der Waals surface area contributed by atoms with Gasteiger partial charge in [0.15, 0.2) is 17.5 Å². The number of rotatable bonds is 7. The number of alkyl halides is 3. The molecule has 0 fully saturated rings. The van der Waals surface area contributed by atoms with E-state index >= 15 is 13.2 Å². The van der Waals surface area contributed by atoms with E-state index in [-0.39, 0.29) is 11.4 Å². The summed E-state index contributed by atoms with van der Waals surface area (Å²) >= 11 is 0. The van der Waals surface area contributed by atoms with Crippen molar-refractivity contribution >= 4 is 87.2 Å². The van der Waals surface area contributed by atoms with Crippen LogP contribution in [0.25, 0.3) is 144 Å². The molecule has 10 heteroatoms. The Morgan fingerprint density at radius 3 is 1.20 bits per heavy atom. The third-order valence-corrected chi connectivity index (χ3v) is 16.1. The van der Waals surface area contributed by atoms with Gasteiger partial charge < -0.3 is 18.3 Å². The lowest BCUT2D eigenvalue weighted by Gasteiger charge is -2.18. The molecule has 0 spiro atoms. The summed E-state index contributed by atoms with van der Waals surface area (Å²) in [4.78, 5) is 16.0. The summed E-state index contributed by atoms with van der Waals surface area (Å²) in [6.07, 6.45) is -4.70. The second-order valence-electron chi connectivity index (χ2n) is 20.7. The molecule has 0 saturated carbocycles. The molecule has 0 bridgehead atoms. The van der Waals surface area contributed by atoms with Crippen molar-refractivity contribution in [2.75, 3.05) is 0 Å². The van der Waals surface area contributed by atoms with Crippen LogP contribution in [0.4, 0.5) is 13.2 Å². The Labute approximate surface area is 461 Å². The number of halogens is 3. The molecule has 0 aliphatic rings. The van der Waals surface area contributed by atoms with Gasteiger partial charge >= 0.3 is 6.18 Å². The molecular weight excluding hydrogens is 1010 g/mol. The molecular formula is C71H44F3N7. The predicted molar refractivity (Wildman–Crippen MR) is 323 cm³/mol. The fraction of sp³-hybridized carbons (Fsp3) is 0.0282. The van der Waals surface area contributed by atoms with Crippen LogP contribution in [-0.2, 0) is 6.18 Å². The second kappa shape index (κ2) is 17.7. The first-order chi connectivity index (χ1) is 39.8. The zero-order valence-electron chi connectivity index (χ0n) is 43.4. The lowest BCUT2D eigenvalue weighted by Crippen LogP contribution is -2.09. The van der Waals surface area contributed by atoms with Gasteiger partial charge in [-0.05, 0) is 97.9 Å². The standard InChI is InChI=1S/C71H44F3N7/c1-43-33-37-60(80-56-29-15-11-25-48(56)50-35-39-62-64(66(50)80)52-27-13-17-31-58(52)78(62)46-21-7-3-8-22-46)54(41-43)69-75-68(44-19-5-2-6-20-44)76-70(77-69)55-42-45(71(72,73)74)34-38-61(55)81-57-30-16-12-26-49(57)51-36-40-63-65(67(51)81)53-28-14-18-32-59(53)79(63)47-23-9-4-10-24-47/h2-42H,1H3. The van der Waals surface area contributed by atoms with Gasteiger partial charge in [-0.1, -0.05) is 163 Å². The van der Waals surface area contributed by atoms with E-state index in [1.54, 1.807) is 6.07 Å². The van der Waals surface area contributed by atoms with E-state index in [4.69, 9.17) is 15.0 Å². The summed E-state index contributed by atoms with van der Waals surface area (Å²) in [6, 6.07) is 82.6. The summed E-state index contributed by atoms with van der Waals surface area (Å²) in [5, 5.41) is 8.20. The highest BCUT2D eigenvalue weighted by Crippen LogP contribution is 2.47. The Morgan fingerprint density at radius 2 is 0.716 bits per heavy atom. The highest BCUT2D eigenvalue weighted by Gasteiger charge is 2.33. The van der Waals surface area contributed by atoms with E-state index in [1.165, 1.54) is 12.1 Å². The minimum Gasteiger partial charge on any atom is -0.309 e. The Hall–Kier alpha value is -10.6. The summed E-state index contributed by atoms with van der Waals surface area (Å²) < 4.78 is 55.4. The van der Waals surface area contributed by atoms with Gasteiger partial charge in [0, 0.05) is 71.2 Å². The Bertz CT molecular complexity index is 5220. The van der Waals surface area contributed by atoms with Crippen molar-refractivity contribution in [3.8, 4) is 56.9 Å². The first-order valence-electron chi connectivity index (χ1n) is 26.9. The van der Waals surface area contributed by atoms with Crippen LogP contribution in [-0.4, -0.2) is 33.2 Å². The van der Waals surface area contributed by atoms with Crippen molar-refractivity contribution in [1.29, 1.82) is 0 Å². The highest BCUT2D eigenvalue weighted by atomic mass is 19.4. The number of aryl methyl sites for hydroxylation is 1. The zero-order chi connectivity index (χ0) is 54.1. The third kappa shape index (κ3) is 7.06. The van der Waals surface area contributed by atoms with E-state index in [1.807, 2.05) is 91.9 Å². The fourth-order valence-corrected chi connectivity index (χ4v) is 12.7. The molecule has 16 rings (SSSR count). The number of hydrogen-bond acceptors (Lipinski definition) is 3. The number of benzene rings is 11. The largest absolute Gasteiger partial charge is 0.416 e. The highest BCUT2D eigenvalue weighted by molar-refractivity contribution is 6.28. The van der Waals surface area contributed by atoms with Crippen LogP contribution in [0.1, 0.15) is 11.1 Å². The SMILES string of the molecule is Cc1ccc(-n2c3ccccc3c3ccc4c(c5ccccc5n4-c4ccccc4)c32)c(-c2nc(-c3ccccc3)nc(-c3cc(C(F)(F)F)ccc3-n3c4ccccc4c4ccc5c(c6ccccc6n5-c5ccccc5)c43)n2)c1. The Balaban J connectivity index is 1.01. The molecule has 384 valence electrons. The lowest BCUT2D eigenvalue weighted by molar-refractivity contribution is -0.137. The monoisotopic (exact) mass is 1050 g/mol. The van der Waals surface area contributed by atoms with E-state index in [0.717, 1.165) is 110 Å². The minimum atomic E-state index is -4.70. The van der Waals surface area contributed by atoms with Crippen molar-refractivity contribution < 1.29 is 13.2 Å². The molecule has 0 aliphatic carbocycles. The molecule has 0 N–H and O–H groups in total. The van der Waals surface area contributed by atoms with Gasteiger partial charge in [-0.15, -0.1) is 0 Å². The fourth-order valence-electron chi connectivity index (χ4n) is 12.7. The molecule has 0 radical (unpaired) electrons. The van der Waals surface area contributed by atoms with E-state index in [0.29, 0.717) is 28.5 Å². The molecule has 11 aromatic carbocycles. The predicted octanol–water partition coefficient (Wildman–Crippen LogP) is 18.6. The molecule has 0 amide bonds. The van der Waals surface area contributed by atoms with Gasteiger partial charge in [0.1, 0.15) is 0 Å². The summed E-state index contributed by atoms with van der Waals surface area (Å²) in [6.45, 7) is 2.04. The summed E-state index contributed by atoms with van der Waals surface area (Å²) in [5.74, 6) is 0.714. The molecule has 81 heavy (non-hydrogen) atoms. The third-order valence-electron chi connectivity index (χ3n) is 16.1. The maximum Gasteiger partial charge on any atom is 0.416 e. The van der Waals surface area contributed by atoms with Crippen molar-refractivity contribution in [3.05, 3.63) is 260 Å². The van der Waals surface area contributed by atoms with Gasteiger partial charge in [0.25, 0.3) is 0 Å². The first kappa shape index (κ1) is 46.5. The average Bonchev–Trinajstić information content (AvgIpc) is 2.35.